The Kier molecular flexibility index (Phi) is 3.25. The SMILES string of the molecule is CC(C)c1c(-c2ccn(C)n2)nn(-c2ccccc2)c1N. The molecule has 5 heteroatoms. The van der Waals surface area contributed by atoms with Gasteiger partial charge in [0.25, 0.3) is 0 Å². The van der Waals surface area contributed by atoms with Crippen molar-refractivity contribution in [3.05, 3.63) is 48.2 Å². The lowest BCUT2D eigenvalue weighted by molar-refractivity contribution is 0.767. The van der Waals surface area contributed by atoms with Crippen molar-refractivity contribution in [2.24, 2.45) is 7.05 Å². The van der Waals surface area contributed by atoms with Crippen LogP contribution in [-0.2, 0) is 7.05 Å². The maximum Gasteiger partial charge on any atom is 0.131 e. The summed E-state index contributed by atoms with van der Waals surface area (Å²) in [5.41, 5.74) is 10.0. The zero-order valence-electron chi connectivity index (χ0n) is 12.5. The van der Waals surface area contributed by atoms with E-state index in [1.165, 1.54) is 0 Å². The molecule has 2 aromatic heterocycles. The van der Waals surface area contributed by atoms with Gasteiger partial charge < -0.3 is 5.73 Å². The van der Waals surface area contributed by atoms with Crippen LogP contribution in [0.3, 0.4) is 0 Å². The van der Waals surface area contributed by atoms with Gasteiger partial charge in [-0.25, -0.2) is 4.68 Å². The summed E-state index contributed by atoms with van der Waals surface area (Å²) >= 11 is 0. The zero-order chi connectivity index (χ0) is 15.0. The predicted molar refractivity (Wildman–Crippen MR) is 84.3 cm³/mol. The third-order valence-corrected chi connectivity index (χ3v) is 3.49. The standard InChI is InChI=1S/C16H19N5/c1-11(2)14-15(13-9-10-20(3)18-13)19-21(16(14)17)12-7-5-4-6-8-12/h4-11H,17H2,1-3H3. The summed E-state index contributed by atoms with van der Waals surface area (Å²) in [5, 5.41) is 9.16. The Hall–Kier alpha value is -2.56. The van der Waals surface area contributed by atoms with Gasteiger partial charge in [0.15, 0.2) is 0 Å². The second-order valence-electron chi connectivity index (χ2n) is 5.42. The van der Waals surface area contributed by atoms with E-state index in [0.717, 1.165) is 22.6 Å². The van der Waals surface area contributed by atoms with Crippen molar-refractivity contribution < 1.29 is 0 Å². The highest BCUT2D eigenvalue weighted by Crippen LogP contribution is 2.33. The van der Waals surface area contributed by atoms with E-state index in [9.17, 15) is 0 Å². The molecular weight excluding hydrogens is 262 g/mol. The third kappa shape index (κ3) is 2.31. The second-order valence-corrected chi connectivity index (χ2v) is 5.42. The number of nitrogens with zero attached hydrogens (tertiary/aromatic N) is 4. The Bertz CT molecular complexity index is 752. The van der Waals surface area contributed by atoms with Crippen LogP contribution in [0, 0.1) is 0 Å². The van der Waals surface area contributed by atoms with Crippen LogP contribution in [0.5, 0.6) is 0 Å². The van der Waals surface area contributed by atoms with E-state index in [4.69, 9.17) is 10.8 Å². The molecule has 0 amide bonds. The average Bonchev–Trinajstić information content (AvgIpc) is 3.03. The molecule has 0 spiro atoms. The van der Waals surface area contributed by atoms with Gasteiger partial charge in [-0.15, -0.1) is 0 Å². The van der Waals surface area contributed by atoms with Gasteiger partial charge in [-0.3, -0.25) is 4.68 Å². The van der Waals surface area contributed by atoms with Crippen LogP contribution >= 0.6 is 0 Å². The molecule has 0 radical (unpaired) electrons. The van der Waals surface area contributed by atoms with Gasteiger partial charge in [0, 0.05) is 18.8 Å². The molecule has 3 rings (SSSR count). The molecule has 0 aliphatic carbocycles. The highest BCUT2D eigenvalue weighted by molar-refractivity contribution is 5.68. The van der Waals surface area contributed by atoms with Crippen LogP contribution in [0.1, 0.15) is 25.3 Å². The van der Waals surface area contributed by atoms with Gasteiger partial charge in [-0.2, -0.15) is 10.2 Å². The molecule has 2 heterocycles. The smallest absolute Gasteiger partial charge is 0.131 e. The summed E-state index contributed by atoms with van der Waals surface area (Å²) in [6.45, 7) is 4.24. The maximum absolute atomic E-state index is 6.35. The van der Waals surface area contributed by atoms with Crippen molar-refractivity contribution in [1.29, 1.82) is 0 Å². The van der Waals surface area contributed by atoms with E-state index in [0.29, 0.717) is 5.82 Å². The number of para-hydroxylation sites is 1. The number of rotatable bonds is 3. The maximum atomic E-state index is 6.35. The van der Waals surface area contributed by atoms with Crippen molar-refractivity contribution in [1.82, 2.24) is 19.6 Å². The predicted octanol–water partition coefficient (Wildman–Crippen LogP) is 2.98. The fourth-order valence-electron chi connectivity index (χ4n) is 2.51. The number of aromatic nitrogens is 4. The first-order valence-corrected chi connectivity index (χ1v) is 7.01. The number of benzene rings is 1. The first-order chi connectivity index (χ1) is 10.1. The minimum atomic E-state index is 0.277. The summed E-state index contributed by atoms with van der Waals surface area (Å²) in [4.78, 5) is 0. The molecule has 108 valence electrons. The molecule has 0 saturated heterocycles. The molecule has 5 nitrogen and oxygen atoms in total. The number of aryl methyl sites for hydroxylation is 1. The fourth-order valence-corrected chi connectivity index (χ4v) is 2.51. The molecule has 2 N–H and O–H groups in total. The quantitative estimate of drug-likeness (QED) is 0.802. The van der Waals surface area contributed by atoms with Crippen LogP contribution < -0.4 is 5.73 Å². The van der Waals surface area contributed by atoms with E-state index in [-0.39, 0.29) is 5.92 Å². The average molecular weight is 281 g/mol. The Morgan fingerprint density at radius 1 is 1.05 bits per heavy atom. The Labute approximate surface area is 124 Å². The first kappa shape index (κ1) is 13.4. The lowest BCUT2D eigenvalue weighted by Gasteiger charge is -2.07. The molecule has 0 unspecified atom stereocenters. The summed E-state index contributed by atoms with van der Waals surface area (Å²) in [7, 11) is 1.90. The molecule has 0 atom stereocenters. The minimum Gasteiger partial charge on any atom is -0.383 e. The van der Waals surface area contributed by atoms with Crippen LogP contribution in [0.15, 0.2) is 42.6 Å². The molecule has 0 aliphatic rings. The second kappa shape index (κ2) is 5.09. The van der Waals surface area contributed by atoms with Crippen LogP contribution in [-0.4, -0.2) is 19.6 Å². The molecule has 1 aromatic carbocycles. The fraction of sp³-hybridized carbons (Fsp3) is 0.250. The van der Waals surface area contributed by atoms with Crippen molar-refractivity contribution in [2.75, 3.05) is 5.73 Å². The summed E-state index contributed by atoms with van der Waals surface area (Å²) < 4.78 is 3.57. The zero-order valence-corrected chi connectivity index (χ0v) is 12.5. The Morgan fingerprint density at radius 2 is 1.76 bits per heavy atom. The largest absolute Gasteiger partial charge is 0.383 e. The van der Waals surface area contributed by atoms with Gasteiger partial charge >= 0.3 is 0 Å². The molecule has 21 heavy (non-hydrogen) atoms. The summed E-state index contributed by atoms with van der Waals surface area (Å²) in [6, 6.07) is 11.9. The van der Waals surface area contributed by atoms with Gasteiger partial charge in [0.05, 0.1) is 5.69 Å². The molecule has 0 bridgehead atoms. The van der Waals surface area contributed by atoms with Crippen LogP contribution in [0.25, 0.3) is 17.1 Å². The lowest BCUT2D eigenvalue weighted by atomic mass is 10.0. The third-order valence-electron chi connectivity index (χ3n) is 3.49. The molecule has 3 aromatic rings. The number of hydrogen-bond acceptors (Lipinski definition) is 3. The number of hydrogen-bond donors (Lipinski definition) is 1. The Morgan fingerprint density at radius 3 is 2.33 bits per heavy atom. The van der Waals surface area contributed by atoms with Gasteiger partial charge in [0.2, 0.25) is 0 Å². The highest BCUT2D eigenvalue weighted by atomic mass is 15.3. The number of nitrogens with two attached hydrogens (primary N) is 1. The van der Waals surface area contributed by atoms with E-state index >= 15 is 0 Å². The van der Waals surface area contributed by atoms with Gasteiger partial charge in [0.1, 0.15) is 17.2 Å². The molecular formula is C16H19N5. The van der Waals surface area contributed by atoms with Crippen molar-refractivity contribution >= 4 is 5.82 Å². The topological polar surface area (TPSA) is 61.7 Å². The molecule has 0 saturated carbocycles. The summed E-state index contributed by atoms with van der Waals surface area (Å²) in [5.74, 6) is 0.955. The molecule has 0 fully saturated rings. The number of anilines is 1. The van der Waals surface area contributed by atoms with Gasteiger partial charge in [-0.05, 0) is 24.1 Å². The van der Waals surface area contributed by atoms with Crippen LogP contribution in [0.2, 0.25) is 0 Å². The van der Waals surface area contributed by atoms with E-state index < -0.39 is 0 Å². The first-order valence-electron chi connectivity index (χ1n) is 7.01. The van der Waals surface area contributed by atoms with Crippen molar-refractivity contribution in [2.45, 2.75) is 19.8 Å². The Balaban J connectivity index is 2.21. The van der Waals surface area contributed by atoms with Crippen molar-refractivity contribution in [3.63, 3.8) is 0 Å². The van der Waals surface area contributed by atoms with Crippen molar-refractivity contribution in [3.8, 4) is 17.1 Å². The lowest BCUT2D eigenvalue weighted by Crippen LogP contribution is -2.03. The normalized spacial score (nSPS) is 11.2. The van der Waals surface area contributed by atoms with Crippen LogP contribution in [0.4, 0.5) is 5.82 Å². The van der Waals surface area contributed by atoms with E-state index in [1.807, 2.05) is 49.6 Å². The highest BCUT2D eigenvalue weighted by Gasteiger charge is 2.21. The van der Waals surface area contributed by atoms with Gasteiger partial charge in [-0.1, -0.05) is 32.0 Å². The summed E-state index contributed by atoms with van der Waals surface area (Å²) in [6.07, 6.45) is 1.91. The molecule has 0 aliphatic heterocycles. The number of nitrogen functional groups attached to an aromatic ring is 1. The van der Waals surface area contributed by atoms with E-state index in [2.05, 4.69) is 18.9 Å². The minimum absolute atomic E-state index is 0.277. The van der Waals surface area contributed by atoms with E-state index in [1.54, 1.807) is 9.36 Å². The monoisotopic (exact) mass is 281 g/mol.